The van der Waals surface area contributed by atoms with Crippen molar-refractivity contribution in [3.05, 3.63) is 160 Å². The summed E-state index contributed by atoms with van der Waals surface area (Å²) in [6.07, 6.45) is 22.9. The van der Waals surface area contributed by atoms with E-state index < -0.39 is 11.9 Å². The fraction of sp³-hybridized carbons (Fsp3) is 0.403. The summed E-state index contributed by atoms with van der Waals surface area (Å²) in [5.74, 6) is 1.57. The normalized spacial score (nSPS) is 11.0. The molecule has 4 aromatic carbocycles. The van der Waals surface area contributed by atoms with Crippen LogP contribution in [0.2, 0.25) is 0 Å². The standard InChI is InChI=1S/C67H86O19/c1-7-39-79-82-51-24-21-46-74-61-34-30-54(64(75-47-19-16-43-71-11-5)67(61)78-50-23-26-53-84-81-41-9-3)31-37-62(68)85-58-35-36-59(57-28-14-13-27-56(57)58)86-63(69)38-32-55-29-33-60(73-45-18-15-42-70-10-4)66(77-49-20-17-44-72-12-6)65(55)76-48-22-25-52-83-80-40-8-2/h7-14,27-38H,1-6,15-26,39-53H2. The molecule has 0 N–H and O–H groups in total. The van der Waals surface area contributed by atoms with Gasteiger partial charge in [0, 0.05) is 34.1 Å². The Balaban J connectivity index is 1.58. The summed E-state index contributed by atoms with van der Waals surface area (Å²) in [6, 6.07) is 17.4. The zero-order chi connectivity index (χ0) is 61.3. The molecule has 0 bridgehead atoms. The number of hydrogen-bond donors (Lipinski definition) is 0. The minimum Gasteiger partial charge on any atom is -0.502 e. The molecule has 0 heterocycles. The molecule has 0 aliphatic carbocycles. The maximum Gasteiger partial charge on any atom is 0.336 e. The van der Waals surface area contributed by atoms with E-state index in [1.807, 2.05) is 0 Å². The van der Waals surface area contributed by atoms with E-state index in [0.717, 1.165) is 12.8 Å². The van der Waals surface area contributed by atoms with Crippen molar-refractivity contribution in [2.75, 3.05) is 99.1 Å². The van der Waals surface area contributed by atoms with Gasteiger partial charge in [0.15, 0.2) is 23.0 Å². The minimum atomic E-state index is -0.681. The van der Waals surface area contributed by atoms with Crippen molar-refractivity contribution in [2.45, 2.75) is 77.0 Å². The first-order valence-corrected chi connectivity index (χ1v) is 29.0. The smallest absolute Gasteiger partial charge is 0.336 e. The summed E-state index contributed by atoms with van der Waals surface area (Å²) >= 11 is 0. The fourth-order valence-corrected chi connectivity index (χ4v) is 7.63. The highest BCUT2D eigenvalue weighted by Gasteiger charge is 2.21. The Labute approximate surface area is 506 Å². The van der Waals surface area contributed by atoms with Crippen LogP contribution in [-0.4, -0.2) is 111 Å². The van der Waals surface area contributed by atoms with Gasteiger partial charge in [-0.15, -0.1) is 19.7 Å². The SMILES string of the molecule is C=CCOOCCCCOc1ccc(C=CC(=O)Oc2ccc(OC(=O)C=Cc3ccc(OCCCCOC=C)c(OCCCCOC=C)c3OCCCCOOCC=C)c3ccccc23)c(OCCCCOC=C)c1OCCCCOOCC=C. The Morgan fingerprint density at radius 3 is 0.965 bits per heavy atom. The highest BCUT2D eigenvalue weighted by molar-refractivity contribution is 5.99. The van der Waals surface area contributed by atoms with E-state index in [1.54, 1.807) is 91.0 Å². The molecule has 0 saturated carbocycles. The highest BCUT2D eigenvalue weighted by Crippen LogP contribution is 2.43. The van der Waals surface area contributed by atoms with Crippen LogP contribution in [0.15, 0.2) is 149 Å². The molecule has 0 spiro atoms. The van der Waals surface area contributed by atoms with Crippen LogP contribution in [0.4, 0.5) is 0 Å². The van der Waals surface area contributed by atoms with E-state index in [9.17, 15) is 9.59 Å². The first-order valence-electron chi connectivity index (χ1n) is 29.0. The second-order valence-corrected chi connectivity index (χ2v) is 18.4. The number of ether oxygens (including phenoxy) is 11. The van der Waals surface area contributed by atoms with Crippen LogP contribution < -0.4 is 37.9 Å². The summed E-state index contributed by atoms with van der Waals surface area (Å²) in [7, 11) is 0. The van der Waals surface area contributed by atoms with Crippen LogP contribution in [0.5, 0.6) is 46.0 Å². The summed E-state index contributed by atoms with van der Waals surface area (Å²) in [4.78, 5) is 58.3. The predicted octanol–water partition coefficient (Wildman–Crippen LogP) is 13.9. The number of benzene rings is 4. The number of rotatable bonds is 54. The summed E-state index contributed by atoms with van der Waals surface area (Å²) < 4.78 is 65.9. The molecular formula is C67H86O19. The van der Waals surface area contributed by atoms with E-state index in [2.05, 4.69) is 39.5 Å². The maximum atomic E-state index is 13.8. The molecule has 0 unspecified atom stereocenters. The molecule has 4 rings (SSSR count). The Kier molecular flexibility index (Phi) is 37.9. The highest BCUT2D eigenvalue weighted by atomic mass is 17.2. The van der Waals surface area contributed by atoms with E-state index in [0.29, 0.717) is 206 Å². The van der Waals surface area contributed by atoms with Crippen molar-refractivity contribution >= 4 is 34.9 Å². The molecular weight excluding hydrogens is 1110 g/mol. The molecule has 0 fully saturated rings. The van der Waals surface area contributed by atoms with E-state index in [4.69, 9.17) is 81.4 Å². The van der Waals surface area contributed by atoms with Gasteiger partial charge in [-0.1, -0.05) is 62.2 Å². The molecule has 0 atom stereocenters. The Bertz CT molecular complexity index is 2680. The molecule has 0 amide bonds. The summed E-state index contributed by atoms with van der Waals surface area (Å²) in [5, 5.41) is 1.04. The van der Waals surface area contributed by atoms with Crippen LogP contribution in [0, 0.1) is 0 Å². The van der Waals surface area contributed by atoms with Crippen LogP contribution in [0.3, 0.4) is 0 Å². The zero-order valence-corrected chi connectivity index (χ0v) is 49.6. The van der Waals surface area contributed by atoms with E-state index in [1.165, 1.54) is 30.9 Å². The van der Waals surface area contributed by atoms with Crippen LogP contribution in [-0.2, 0) is 53.1 Å². The van der Waals surface area contributed by atoms with Crippen molar-refractivity contribution < 1.29 is 91.0 Å². The number of unbranched alkanes of at least 4 members (excludes halogenated alkanes) is 6. The van der Waals surface area contributed by atoms with Gasteiger partial charge in [-0.2, -0.15) is 0 Å². The third kappa shape index (κ3) is 28.7. The molecule has 19 heteroatoms. The Morgan fingerprint density at radius 1 is 0.326 bits per heavy atom. The number of carbonyl (C=O) groups excluding carboxylic acids is 2. The van der Waals surface area contributed by atoms with Gasteiger partial charge in [-0.25, -0.2) is 38.9 Å². The molecule has 0 aromatic heterocycles. The third-order valence-electron chi connectivity index (χ3n) is 11.8. The van der Waals surface area contributed by atoms with Crippen LogP contribution in [0.25, 0.3) is 22.9 Å². The largest absolute Gasteiger partial charge is 0.502 e. The summed E-state index contributed by atoms with van der Waals surface area (Å²) in [5.41, 5.74) is 1.08. The Morgan fingerprint density at radius 2 is 0.628 bits per heavy atom. The quantitative estimate of drug-likeness (QED) is 0.00592. The van der Waals surface area contributed by atoms with Crippen molar-refractivity contribution in [3.8, 4) is 46.0 Å². The molecule has 0 saturated heterocycles. The number of esters is 2. The third-order valence-corrected chi connectivity index (χ3v) is 11.8. The second kappa shape index (κ2) is 46.3. The van der Waals surface area contributed by atoms with Crippen molar-refractivity contribution in [1.29, 1.82) is 0 Å². The van der Waals surface area contributed by atoms with Gasteiger partial charge < -0.3 is 52.1 Å². The molecule has 86 heavy (non-hydrogen) atoms. The van der Waals surface area contributed by atoms with Gasteiger partial charge in [0.25, 0.3) is 0 Å². The maximum absolute atomic E-state index is 13.8. The molecule has 468 valence electrons. The van der Waals surface area contributed by atoms with Gasteiger partial charge in [0.05, 0.1) is 98.1 Å². The lowest BCUT2D eigenvalue weighted by atomic mass is 10.1. The predicted molar refractivity (Wildman–Crippen MR) is 329 cm³/mol. The van der Waals surface area contributed by atoms with Gasteiger partial charge in [0.2, 0.25) is 11.5 Å². The lowest BCUT2D eigenvalue weighted by Gasteiger charge is -2.19. The first-order chi connectivity index (χ1) is 42.4. The molecule has 0 radical (unpaired) electrons. The van der Waals surface area contributed by atoms with Crippen LogP contribution in [0.1, 0.15) is 88.2 Å². The van der Waals surface area contributed by atoms with Crippen molar-refractivity contribution in [3.63, 3.8) is 0 Å². The fourth-order valence-electron chi connectivity index (χ4n) is 7.63. The topological polar surface area (TPSA) is 191 Å². The van der Waals surface area contributed by atoms with Gasteiger partial charge in [-0.05, 0) is 126 Å². The summed E-state index contributed by atoms with van der Waals surface area (Å²) in [6.45, 7) is 27.1. The lowest BCUT2D eigenvalue weighted by molar-refractivity contribution is -0.286. The molecule has 4 aromatic rings. The van der Waals surface area contributed by atoms with Gasteiger partial charge >= 0.3 is 11.9 Å². The Hall–Kier alpha value is -8.04. The van der Waals surface area contributed by atoms with E-state index >= 15 is 0 Å². The average molecular weight is 1200 g/mol. The molecule has 0 aliphatic heterocycles. The monoisotopic (exact) mass is 1190 g/mol. The van der Waals surface area contributed by atoms with Gasteiger partial charge in [0.1, 0.15) is 31.3 Å². The average Bonchev–Trinajstić information content (AvgIpc) is 3.35. The zero-order valence-electron chi connectivity index (χ0n) is 49.6. The molecule has 0 aliphatic rings. The number of fused-ring (bicyclic) bond motifs is 1. The van der Waals surface area contributed by atoms with Crippen molar-refractivity contribution in [2.24, 2.45) is 0 Å². The lowest BCUT2D eigenvalue weighted by Crippen LogP contribution is -2.09. The second-order valence-electron chi connectivity index (χ2n) is 18.4. The van der Waals surface area contributed by atoms with E-state index in [-0.39, 0.29) is 24.7 Å². The number of carbonyl (C=O) groups is 2. The molecule has 19 nitrogen and oxygen atoms in total. The minimum absolute atomic E-state index is 0.235. The first kappa shape index (κ1) is 70.4. The van der Waals surface area contributed by atoms with Gasteiger partial charge in [-0.3, -0.25) is 0 Å². The number of hydrogen-bond acceptors (Lipinski definition) is 19. The van der Waals surface area contributed by atoms with Crippen LogP contribution >= 0.6 is 0 Å². The van der Waals surface area contributed by atoms with Crippen molar-refractivity contribution in [1.82, 2.24) is 0 Å².